The smallest absolute Gasteiger partial charge is 0.266 e. The van der Waals surface area contributed by atoms with E-state index in [1.54, 1.807) is 4.90 Å². The Bertz CT molecular complexity index is 963. The van der Waals surface area contributed by atoms with Gasteiger partial charge >= 0.3 is 0 Å². The first-order chi connectivity index (χ1) is 15.0. The van der Waals surface area contributed by atoms with Gasteiger partial charge in [0.15, 0.2) is 5.17 Å². The van der Waals surface area contributed by atoms with Gasteiger partial charge in [0.1, 0.15) is 5.75 Å². The fraction of sp³-hybridized carbons (Fsp3) is 0.333. The second kappa shape index (κ2) is 11.4. The van der Waals surface area contributed by atoms with E-state index < -0.39 is 0 Å². The number of nitrogens with zero attached hydrogens (tertiary/aromatic N) is 2. The van der Waals surface area contributed by atoms with Crippen LogP contribution in [0.5, 0.6) is 5.75 Å². The average molecular weight is 459 g/mol. The van der Waals surface area contributed by atoms with Crippen LogP contribution in [-0.4, -0.2) is 41.8 Å². The van der Waals surface area contributed by atoms with Gasteiger partial charge < -0.3 is 9.47 Å². The normalized spacial score (nSPS) is 17.5. The Labute approximate surface area is 193 Å². The molecular formula is C24H27ClN2O3S. The number of hydrogen-bond donors (Lipinski definition) is 0. The first kappa shape index (κ1) is 23.4. The maximum atomic E-state index is 13.1. The van der Waals surface area contributed by atoms with Crippen molar-refractivity contribution in [1.29, 1.82) is 0 Å². The third kappa shape index (κ3) is 6.35. The molecule has 1 amide bonds. The molecule has 0 N–H and O–H groups in total. The van der Waals surface area contributed by atoms with Crippen LogP contribution in [0.25, 0.3) is 6.08 Å². The molecule has 2 aromatic rings. The number of thioether (sulfide) groups is 1. The second-order valence-electron chi connectivity index (χ2n) is 7.02. The minimum absolute atomic E-state index is 0.0873. The Morgan fingerprint density at radius 2 is 1.97 bits per heavy atom. The molecule has 2 aromatic carbocycles. The van der Waals surface area contributed by atoms with E-state index in [9.17, 15) is 4.79 Å². The zero-order chi connectivity index (χ0) is 22.2. The number of rotatable bonds is 9. The first-order valence-corrected chi connectivity index (χ1v) is 11.6. The van der Waals surface area contributed by atoms with Crippen molar-refractivity contribution in [2.45, 2.75) is 33.3 Å². The predicted octanol–water partition coefficient (Wildman–Crippen LogP) is 6.16. The quantitative estimate of drug-likeness (QED) is 0.333. The molecule has 0 aromatic heterocycles. The van der Waals surface area contributed by atoms with E-state index in [0.29, 0.717) is 40.6 Å². The molecule has 5 nitrogen and oxygen atoms in total. The Kier molecular flexibility index (Phi) is 8.58. The number of para-hydroxylation sites is 1. The van der Waals surface area contributed by atoms with Crippen LogP contribution in [0.1, 0.15) is 32.8 Å². The minimum atomic E-state index is -0.0876. The van der Waals surface area contributed by atoms with Gasteiger partial charge in [0.2, 0.25) is 0 Å². The lowest BCUT2D eigenvalue weighted by Gasteiger charge is -2.15. The van der Waals surface area contributed by atoms with Crippen molar-refractivity contribution in [1.82, 2.24) is 4.90 Å². The van der Waals surface area contributed by atoms with E-state index in [1.807, 2.05) is 68.5 Å². The molecule has 7 heteroatoms. The van der Waals surface area contributed by atoms with Gasteiger partial charge in [-0.1, -0.05) is 42.8 Å². The number of amidine groups is 1. The molecule has 0 aliphatic carbocycles. The molecule has 1 fully saturated rings. The molecule has 0 spiro atoms. The maximum absolute atomic E-state index is 13.1. The van der Waals surface area contributed by atoms with E-state index in [-0.39, 0.29) is 12.0 Å². The molecule has 164 valence electrons. The van der Waals surface area contributed by atoms with Crippen molar-refractivity contribution in [2.75, 3.05) is 19.8 Å². The van der Waals surface area contributed by atoms with Gasteiger partial charge in [0, 0.05) is 6.61 Å². The number of ether oxygens (including phenoxy) is 2. The van der Waals surface area contributed by atoms with Gasteiger partial charge in [-0.15, -0.1) is 0 Å². The SMILES string of the molecule is CCOCCN1C(=O)/C(=C/c2ccc(O[C@@H](C)CC)c(Cl)c2)SC1=Nc1ccccc1. The summed E-state index contributed by atoms with van der Waals surface area (Å²) in [6, 6.07) is 15.2. The van der Waals surface area contributed by atoms with Crippen LogP contribution >= 0.6 is 23.4 Å². The molecule has 0 bridgehead atoms. The third-order valence-electron chi connectivity index (χ3n) is 4.69. The monoisotopic (exact) mass is 458 g/mol. The minimum Gasteiger partial charge on any atom is -0.489 e. The van der Waals surface area contributed by atoms with E-state index >= 15 is 0 Å². The van der Waals surface area contributed by atoms with Gasteiger partial charge in [-0.25, -0.2) is 4.99 Å². The zero-order valence-corrected chi connectivity index (χ0v) is 19.6. The van der Waals surface area contributed by atoms with E-state index in [4.69, 9.17) is 21.1 Å². The van der Waals surface area contributed by atoms with Gasteiger partial charge in [-0.2, -0.15) is 0 Å². The molecular weight excluding hydrogens is 432 g/mol. The Balaban J connectivity index is 1.85. The average Bonchev–Trinajstić information content (AvgIpc) is 3.05. The number of carbonyl (C=O) groups is 1. The lowest BCUT2D eigenvalue weighted by Crippen LogP contribution is -2.32. The summed E-state index contributed by atoms with van der Waals surface area (Å²) in [5.41, 5.74) is 1.64. The highest BCUT2D eigenvalue weighted by Crippen LogP contribution is 2.35. The summed E-state index contributed by atoms with van der Waals surface area (Å²) < 4.78 is 11.3. The van der Waals surface area contributed by atoms with Crippen LogP contribution in [0.15, 0.2) is 58.4 Å². The van der Waals surface area contributed by atoms with Crippen molar-refractivity contribution in [3.05, 3.63) is 64.0 Å². The van der Waals surface area contributed by atoms with Gasteiger partial charge in [0.05, 0.1) is 34.9 Å². The van der Waals surface area contributed by atoms with E-state index in [1.165, 1.54) is 11.8 Å². The molecule has 0 saturated carbocycles. The maximum Gasteiger partial charge on any atom is 0.266 e. The summed E-state index contributed by atoms with van der Waals surface area (Å²) >= 11 is 7.76. The molecule has 1 saturated heterocycles. The number of halogens is 1. The summed E-state index contributed by atoms with van der Waals surface area (Å²) in [5.74, 6) is 0.559. The number of aliphatic imine (C=N–C) groups is 1. The number of benzene rings is 2. The zero-order valence-electron chi connectivity index (χ0n) is 18.0. The molecule has 1 heterocycles. The lowest BCUT2D eigenvalue weighted by molar-refractivity contribution is -0.122. The molecule has 1 aliphatic heterocycles. The summed E-state index contributed by atoms with van der Waals surface area (Å²) in [7, 11) is 0. The van der Waals surface area contributed by atoms with Gasteiger partial charge in [-0.05, 0) is 67.9 Å². The molecule has 0 radical (unpaired) electrons. The van der Waals surface area contributed by atoms with Crippen LogP contribution in [0, 0.1) is 0 Å². The van der Waals surface area contributed by atoms with Gasteiger partial charge in [0.25, 0.3) is 5.91 Å². The van der Waals surface area contributed by atoms with Crippen LogP contribution < -0.4 is 4.74 Å². The number of carbonyl (C=O) groups excluding carboxylic acids is 1. The topological polar surface area (TPSA) is 51.1 Å². The largest absolute Gasteiger partial charge is 0.489 e. The van der Waals surface area contributed by atoms with Crippen molar-refractivity contribution in [2.24, 2.45) is 4.99 Å². The van der Waals surface area contributed by atoms with Crippen molar-refractivity contribution >= 4 is 46.2 Å². The summed E-state index contributed by atoms with van der Waals surface area (Å²) in [6.07, 6.45) is 2.82. The predicted molar refractivity (Wildman–Crippen MR) is 129 cm³/mol. The van der Waals surface area contributed by atoms with Crippen molar-refractivity contribution < 1.29 is 14.3 Å². The summed E-state index contributed by atoms with van der Waals surface area (Å²) in [6.45, 7) is 7.51. The fourth-order valence-corrected chi connectivity index (χ4v) is 4.11. The van der Waals surface area contributed by atoms with Crippen LogP contribution in [0.3, 0.4) is 0 Å². The third-order valence-corrected chi connectivity index (χ3v) is 5.99. The van der Waals surface area contributed by atoms with Crippen molar-refractivity contribution in [3.63, 3.8) is 0 Å². The lowest BCUT2D eigenvalue weighted by atomic mass is 10.2. The molecule has 31 heavy (non-hydrogen) atoms. The molecule has 3 rings (SSSR count). The van der Waals surface area contributed by atoms with E-state index in [2.05, 4.69) is 11.9 Å². The second-order valence-corrected chi connectivity index (χ2v) is 8.44. The van der Waals surface area contributed by atoms with E-state index in [0.717, 1.165) is 17.7 Å². The first-order valence-electron chi connectivity index (χ1n) is 10.4. The summed E-state index contributed by atoms with van der Waals surface area (Å²) in [5, 5.41) is 1.17. The Hall–Kier alpha value is -2.28. The van der Waals surface area contributed by atoms with Crippen LogP contribution in [0.2, 0.25) is 5.02 Å². The molecule has 0 unspecified atom stereocenters. The van der Waals surface area contributed by atoms with Crippen LogP contribution in [-0.2, 0) is 9.53 Å². The Morgan fingerprint density at radius 3 is 2.65 bits per heavy atom. The number of amides is 1. The highest BCUT2D eigenvalue weighted by Gasteiger charge is 2.33. The molecule has 1 aliphatic rings. The number of hydrogen-bond acceptors (Lipinski definition) is 5. The standard InChI is InChI=1S/C24H27ClN2O3S/c1-4-17(3)30-21-12-11-18(15-20(21)25)16-22-23(28)27(13-14-29-5-2)24(31-22)26-19-9-7-6-8-10-19/h6-12,15-17H,4-5,13-14H2,1-3H3/b22-16-,26-24?/t17-/m0/s1. The van der Waals surface area contributed by atoms with Crippen LogP contribution in [0.4, 0.5) is 5.69 Å². The fourth-order valence-electron chi connectivity index (χ4n) is 2.86. The Morgan fingerprint density at radius 1 is 1.19 bits per heavy atom. The highest BCUT2D eigenvalue weighted by molar-refractivity contribution is 8.18. The summed E-state index contributed by atoms with van der Waals surface area (Å²) in [4.78, 5) is 20.0. The molecule has 1 atom stereocenters. The van der Waals surface area contributed by atoms with Gasteiger partial charge in [-0.3, -0.25) is 9.69 Å². The highest BCUT2D eigenvalue weighted by atomic mass is 35.5. The van der Waals surface area contributed by atoms with Crippen molar-refractivity contribution in [3.8, 4) is 5.75 Å².